The van der Waals surface area contributed by atoms with Gasteiger partial charge in [-0.05, 0) is 67.3 Å². The molecule has 1 atom stereocenters. The molecule has 1 aromatic carbocycles. The van der Waals surface area contributed by atoms with Gasteiger partial charge in [-0.3, -0.25) is 0 Å². The summed E-state index contributed by atoms with van der Waals surface area (Å²) in [5.74, 6) is 2.85. The van der Waals surface area contributed by atoms with Crippen molar-refractivity contribution in [2.24, 2.45) is 13.0 Å². The Morgan fingerprint density at radius 1 is 1.19 bits per heavy atom. The number of carbonyl (C=O) groups is 1. The lowest BCUT2D eigenvalue weighted by atomic mass is 9.83. The normalized spacial score (nSPS) is 18.0. The van der Waals surface area contributed by atoms with Gasteiger partial charge in [0.1, 0.15) is 5.75 Å². The largest absolute Gasteiger partial charge is 0.493 e. The van der Waals surface area contributed by atoms with Crippen molar-refractivity contribution in [1.29, 1.82) is 0 Å². The number of likely N-dealkylation sites (tertiary alicyclic amines) is 1. The third kappa shape index (κ3) is 4.87. The summed E-state index contributed by atoms with van der Waals surface area (Å²) in [7, 11) is 2.14. The number of nitrogens with zero attached hydrogens (tertiary/aromatic N) is 4. The Balaban J connectivity index is 1.09. The van der Waals surface area contributed by atoms with E-state index in [0.717, 1.165) is 37.4 Å². The van der Waals surface area contributed by atoms with Crippen LogP contribution in [0.4, 0.5) is 4.79 Å². The molecule has 1 aliphatic carbocycles. The molecule has 1 saturated carbocycles. The SMILES string of the molecule is Cn1c(-c2ncc(C3CCC3)n2CCCc2ccc(OC[C@@H]3CCN(C(=O)O)C3)cc2)cc2sccc21. The van der Waals surface area contributed by atoms with Gasteiger partial charge in [-0.15, -0.1) is 11.3 Å². The van der Waals surface area contributed by atoms with Gasteiger partial charge in [0.2, 0.25) is 0 Å². The number of aryl methyl sites for hydroxylation is 2. The van der Waals surface area contributed by atoms with E-state index in [2.05, 4.69) is 52.0 Å². The van der Waals surface area contributed by atoms with Crippen LogP contribution in [0.3, 0.4) is 0 Å². The van der Waals surface area contributed by atoms with E-state index in [0.29, 0.717) is 25.6 Å². The number of fused-ring (bicyclic) bond motifs is 1. The number of ether oxygens (including phenoxy) is 1. The van der Waals surface area contributed by atoms with Gasteiger partial charge < -0.3 is 23.9 Å². The molecule has 194 valence electrons. The van der Waals surface area contributed by atoms with Crippen molar-refractivity contribution in [3.63, 3.8) is 0 Å². The minimum absolute atomic E-state index is 0.269. The van der Waals surface area contributed by atoms with E-state index in [1.165, 1.54) is 51.3 Å². The van der Waals surface area contributed by atoms with Crippen LogP contribution in [-0.2, 0) is 20.0 Å². The van der Waals surface area contributed by atoms with Crippen molar-refractivity contribution in [3.05, 3.63) is 59.2 Å². The molecule has 1 amide bonds. The fourth-order valence-electron chi connectivity index (χ4n) is 5.67. The standard InChI is InChI=1S/C29H34N4O3S/c1-31-24-12-15-37-27(24)16-25(31)28-30-17-26(22-5-2-6-22)33(28)13-3-4-20-7-9-23(10-8-20)36-19-21-11-14-32(18-21)29(34)35/h7-10,12,15-17,21-22H,2-6,11,13-14,18-19H2,1H3,(H,34,35)/t21-/m1/s1. The summed E-state index contributed by atoms with van der Waals surface area (Å²) in [6.45, 7) is 2.69. The van der Waals surface area contributed by atoms with E-state index in [1.54, 1.807) is 11.3 Å². The van der Waals surface area contributed by atoms with Gasteiger partial charge in [0, 0.05) is 50.4 Å². The first-order valence-corrected chi connectivity index (χ1v) is 14.2. The van der Waals surface area contributed by atoms with Gasteiger partial charge in [0.25, 0.3) is 0 Å². The Hall–Kier alpha value is -3.26. The van der Waals surface area contributed by atoms with Crippen LogP contribution in [0.2, 0.25) is 0 Å². The van der Waals surface area contributed by atoms with Gasteiger partial charge in [0.15, 0.2) is 5.82 Å². The molecule has 7 nitrogen and oxygen atoms in total. The average Bonchev–Trinajstić information content (AvgIpc) is 3.64. The number of hydrogen-bond donors (Lipinski definition) is 1. The van der Waals surface area contributed by atoms with E-state index in [1.807, 2.05) is 12.1 Å². The Morgan fingerprint density at radius 3 is 2.73 bits per heavy atom. The number of benzene rings is 1. The Morgan fingerprint density at radius 2 is 2.03 bits per heavy atom. The van der Waals surface area contributed by atoms with Crippen LogP contribution in [0.5, 0.6) is 5.75 Å². The van der Waals surface area contributed by atoms with Crippen molar-refractivity contribution in [1.82, 2.24) is 19.0 Å². The highest BCUT2D eigenvalue weighted by atomic mass is 32.1. The lowest BCUT2D eigenvalue weighted by molar-refractivity contribution is 0.151. The van der Waals surface area contributed by atoms with Crippen LogP contribution in [0.15, 0.2) is 48.0 Å². The number of carboxylic acid groups (broad SMARTS) is 1. The molecule has 8 heteroatoms. The predicted molar refractivity (Wildman–Crippen MR) is 147 cm³/mol. The van der Waals surface area contributed by atoms with Crippen LogP contribution in [-0.4, -0.2) is 49.9 Å². The summed E-state index contributed by atoms with van der Waals surface area (Å²) in [4.78, 5) is 17.5. The molecule has 2 aliphatic rings. The number of imidazole rings is 1. The smallest absolute Gasteiger partial charge is 0.407 e. The molecule has 37 heavy (non-hydrogen) atoms. The van der Waals surface area contributed by atoms with Crippen LogP contribution < -0.4 is 4.74 Å². The minimum atomic E-state index is -0.835. The Labute approximate surface area is 221 Å². The summed E-state index contributed by atoms with van der Waals surface area (Å²) < 4.78 is 12.0. The summed E-state index contributed by atoms with van der Waals surface area (Å²) >= 11 is 1.79. The van der Waals surface area contributed by atoms with Crippen LogP contribution in [0, 0.1) is 5.92 Å². The molecule has 0 unspecified atom stereocenters. The maximum Gasteiger partial charge on any atom is 0.407 e. The second kappa shape index (κ2) is 10.2. The second-order valence-corrected chi connectivity index (χ2v) is 11.4. The van der Waals surface area contributed by atoms with Crippen LogP contribution in [0.25, 0.3) is 21.7 Å². The van der Waals surface area contributed by atoms with Crippen LogP contribution >= 0.6 is 11.3 Å². The fraction of sp³-hybridized carbons (Fsp3) is 0.448. The van der Waals surface area contributed by atoms with Crippen molar-refractivity contribution < 1.29 is 14.6 Å². The quantitative estimate of drug-likeness (QED) is 0.279. The molecule has 6 rings (SSSR count). The van der Waals surface area contributed by atoms with Gasteiger partial charge in [-0.25, -0.2) is 9.78 Å². The predicted octanol–water partition coefficient (Wildman–Crippen LogP) is 6.38. The second-order valence-electron chi connectivity index (χ2n) is 10.5. The van der Waals surface area contributed by atoms with Gasteiger partial charge >= 0.3 is 6.09 Å². The summed E-state index contributed by atoms with van der Waals surface area (Å²) in [5.41, 5.74) is 5.16. The topological polar surface area (TPSA) is 72.5 Å². The van der Waals surface area contributed by atoms with E-state index in [4.69, 9.17) is 14.8 Å². The van der Waals surface area contributed by atoms with Crippen molar-refractivity contribution in [3.8, 4) is 17.3 Å². The molecule has 0 spiro atoms. The molecular weight excluding hydrogens is 484 g/mol. The zero-order valence-corrected chi connectivity index (χ0v) is 22.1. The molecule has 4 aromatic rings. The number of rotatable bonds is 9. The molecule has 3 aromatic heterocycles. The molecule has 0 radical (unpaired) electrons. The fourth-order valence-corrected chi connectivity index (χ4v) is 6.52. The first kappa shape index (κ1) is 24.1. The van der Waals surface area contributed by atoms with Gasteiger partial charge in [-0.2, -0.15) is 0 Å². The van der Waals surface area contributed by atoms with E-state index in [9.17, 15) is 4.79 Å². The lowest BCUT2D eigenvalue weighted by Crippen LogP contribution is -2.27. The molecule has 1 saturated heterocycles. The Kier molecular flexibility index (Phi) is 6.67. The number of aromatic nitrogens is 3. The number of hydrogen-bond acceptors (Lipinski definition) is 4. The first-order chi connectivity index (χ1) is 18.1. The molecular formula is C29H34N4O3S. The zero-order chi connectivity index (χ0) is 25.4. The molecule has 1 N–H and O–H groups in total. The maximum absolute atomic E-state index is 11.1. The summed E-state index contributed by atoms with van der Waals surface area (Å²) in [6.07, 6.45) is 8.05. The highest BCUT2D eigenvalue weighted by Gasteiger charge is 2.27. The first-order valence-electron chi connectivity index (χ1n) is 13.3. The van der Waals surface area contributed by atoms with E-state index in [-0.39, 0.29) is 5.92 Å². The highest BCUT2D eigenvalue weighted by Crippen LogP contribution is 2.39. The van der Waals surface area contributed by atoms with E-state index < -0.39 is 6.09 Å². The summed E-state index contributed by atoms with van der Waals surface area (Å²) in [5, 5.41) is 11.3. The van der Waals surface area contributed by atoms with Crippen LogP contribution in [0.1, 0.15) is 49.3 Å². The van der Waals surface area contributed by atoms with Crippen molar-refractivity contribution in [2.45, 2.75) is 51.0 Å². The van der Waals surface area contributed by atoms with Crippen molar-refractivity contribution >= 4 is 27.6 Å². The molecule has 1 aliphatic heterocycles. The third-order valence-electron chi connectivity index (χ3n) is 8.12. The molecule has 0 bridgehead atoms. The van der Waals surface area contributed by atoms with E-state index >= 15 is 0 Å². The number of amides is 1. The third-order valence-corrected chi connectivity index (χ3v) is 8.97. The average molecular weight is 519 g/mol. The van der Waals surface area contributed by atoms with Crippen molar-refractivity contribution in [2.75, 3.05) is 19.7 Å². The molecule has 2 fully saturated rings. The number of thiophene rings is 1. The zero-order valence-electron chi connectivity index (χ0n) is 21.3. The molecule has 4 heterocycles. The maximum atomic E-state index is 11.1. The summed E-state index contributed by atoms with van der Waals surface area (Å²) in [6, 6.07) is 12.9. The van der Waals surface area contributed by atoms with Gasteiger partial charge in [-0.1, -0.05) is 18.6 Å². The highest BCUT2D eigenvalue weighted by molar-refractivity contribution is 7.17. The monoisotopic (exact) mass is 518 g/mol. The Bertz CT molecular complexity index is 1380. The van der Waals surface area contributed by atoms with Gasteiger partial charge in [0.05, 0.1) is 22.5 Å². The lowest BCUT2D eigenvalue weighted by Gasteiger charge is -2.27. The minimum Gasteiger partial charge on any atom is -0.493 e.